The van der Waals surface area contributed by atoms with Gasteiger partial charge in [-0.3, -0.25) is 9.78 Å². The number of nitrogens with zero attached hydrogens (tertiary/aromatic N) is 3. The number of nitrogens with one attached hydrogen (secondary N) is 2. The molecule has 0 spiro atoms. The van der Waals surface area contributed by atoms with Gasteiger partial charge in [0.2, 0.25) is 0 Å². The van der Waals surface area contributed by atoms with Gasteiger partial charge in [0.1, 0.15) is 11.5 Å². The SMILES string of the molecule is Cc1cnn([C@@H](C)[C@H](C)NCc2cn[nH]c2-c2ccc(C)o2)c1. The van der Waals surface area contributed by atoms with E-state index in [1.807, 2.05) is 36.1 Å². The van der Waals surface area contributed by atoms with Crippen molar-refractivity contribution in [1.82, 2.24) is 25.3 Å². The Hall–Kier alpha value is -2.34. The molecule has 0 fully saturated rings. The lowest BCUT2D eigenvalue weighted by Crippen LogP contribution is -2.33. The van der Waals surface area contributed by atoms with Crippen molar-refractivity contribution in [2.75, 3.05) is 0 Å². The Labute approximate surface area is 135 Å². The molecule has 6 nitrogen and oxygen atoms in total. The zero-order valence-electron chi connectivity index (χ0n) is 14.0. The maximum atomic E-state index is 5.68. The number of hydrogen-bond acceptors (Lipinski definition) is 4. The van der Waals surface area contributed by atoms with Gasteiger partial charge in [-0.05, 0) is 45.4 Å². The average Bonchev–Trinajstić information content (AvgIpc) is 3.24. The lowest BCUT2D eigenvalue weighted by atomic mass is 10.1. The number of furan rings is 1. The van der Waals surface area contributed by atoms with E-state index >= 15 is 0 Å². The van der Waals surface area contributed by atoms with Crippen LogP contribution in [0.1, 0.15) is 36.8 Å². The second-order valence-corrected chi connectivity index (χ2v) is 6.09. The van der Waals surface area contributed by atoms with Crippen LogP contribution in [0.3, 0.4) is 0 Å². The van der Waals surface area contributed by atoms with Crippen LogP contribution in [0.15, 0.2) is 35.1 Å². The molecule has 3 heterocycles. The third-order valence-electron chi connectivity index (χ3n) is 4.19. The van der Waals surface area contributed by atoms with Crippen LogP contribution < -0.4 is 5.32 Å². The van der Waals surface area contributed by atoms with Crippen LogP contribution in [-0.4, -0.2) is 26.0 Å². The molecule has 2 N–H and O–H groups in total. The maximum Gasteiger partial charge on any atom is 0.152 e. The lowest BCUT2D eigenvalue weighted by Gasteiger charge is -2.21. The molecule has 6 heteroatoms. The summed E-state index contributed by atoms with van der Waals surface area (Å²) in [4.78, 5) is 0. The Kier molecular flexibility index (Phi) is 4.34. The summed E-state index contributed by atoms with van der Waals surface area (Å²) >= 11 is 0. The minimum absolute atomic E-state index is 0.268. The summed E-state index contributed by atoms with van der Waals surface area (Å²) in [6, 6.07) is 4.46. The number of aryl methyl sites for hydroxylation is 2. The Morgan fingerprint density at radius 2 is 2.09 bits per heavy atom. The van der Waals surface area contributed by atoms with Crippen molar-refractivity contribution in [3.05, 3.63) is 47.6 Å². The molecule has 0 aliphatic rings. The molecule has 3 aromatic heterocycles. The van der Waals surface area contributed by atoms with E-state index in [1.165, 1.54) is 5.56 Å². The van der Waals surface area contributed by atoms with E-state index in [1.54, 1.807) is 0 Å². The summed E-state index contributed by atoms with van der Waals surface area (Å²) in [6.07, 6.45) is 5.80. The van der Waals surface area contributed by atoms with E-state index in [0.29, 0.717) is 0 Å². The first-order valence-electron chi connectivity index (χ1n) is 7.88. The topological polar surface area (TPSA) is 71.7 Å². The van der Waals surface area contributed by atoms with Crippen molar-refractivity contribution in [1.29, 1.82) is 0 Å². The van der Waals surface area contributed by atoms with E-state index in [9.17, 15) is 0 Å². The third-order valence-corrected chi connectivity index (χ3v) is 4.19. The first-order chi connectivity index (χ1) is 11.0. The zero-order valence-corrected chi connectivity index (χ0v) is 14.0. The van der Waals surface area contributed by atoms with Gasteiger partial charge in [-0.15, -0.1) is 0 Å². The van der Waals surface area contributed by atoms with Crippen LogP contribution in [0.4, 0.5) is 0 Å². The van der Waals surface area contributed by atoms with Crippen molar-refractivity contribution < 1.29 is 4.42 Å². The van der Waals surface area contributed by atoms with Crippen LogP contribution >= 0.6 is 0 Å². The summed E-state index contributed by atoms with van der Waals surface area (Å²) in [6.45, 7) is 9.04. The Morgan fingerprint density at radius 1 is 1.26 bits per heavy atom. The summed E-state index contributed by atoms with van der Waals surface area (Å²) < 4.78 is 7.68. The van der Waals surface area contributed by atoms with Gasteiger partial charge in [-0.1, -0.05) is 0 Å². The van der Waals surface area contributed by atoms with Gasteiger partial charge < -0.3 is 9.73 Å². The number of H-pyrrole nitrogens is 1. The molecule has 0 radical (unpaired) electrons. The van der Waals surface area contributed by atoms with E-state index in [-0.39, 0.29) is 12.1 Å². The van der Waals surface area contributed by atoms with Crippen LogP contribution in [0.5, 0.6) is 0 Å². The van der Waals surface area contributed by atoms with Gasteiger partial charge in [-0.25, -0.2) is 0 Å². The Balaban J connectivity index is 1.66. The van der Waals surface area contributed by atoms with Crippen LogP contribution in [0.25, 0.3) is 11.5 Å². The predicted octanol–water partition coefficient (Wildman–Crippen LogP) is 3.22. The molecule has 122 valence electrons. The number of rotatable bonds is 6. The molecule has 0 unspecified atom stereocenters. The number of aromatic amines is 1. The molecular weight excluding hydrogens is 290 g/mol. The maximum absolute atomic E-state index is 5.68. The highest BCUT2D eigenvalue weighted by molar-refractivity contribution is 5.56. The molecule has 0 aliphatic heterocycles. The third kappa shape index (κ3) is 3.37. The molecule has 3 rings (SSSR count). The normalized spacial score (nSPS) is 14.1. The first-order valence-corrected chi connectivity index (χ1v) is 7.88. The van der Waals surface area contributed by atoms with Gasteiger partial charge in [0.25, 0.3) is 0 Å². The van der Waals surface area contributed by atoms with Gasteiger partial charge in [0.15, 0.2) is 5.76 Å². The average molecular weight is 313 g/mol. The van der Waals surface area contributed by atoms with E-state index < -0.39 is 0 Å². The van der Waals surface area contributed by atoms with Gasteiger partial charge in [0, 0.05) is 24.3 Å². The highest BCUT2D eigenvalue weighted by atomic mass is 16.3. The highest BCUT2D eigenvalue weighted by Gasteiger charge is 2.16. The molecule has 23 heavy (non-hydrogen) atoms. The van der Waals surface area contributed by atoms with E-state index in [4.69, 9.17) is 4.42 Å². The van der Waals surface area contributed by atoms with Crippen molar-refractivity contribution in [2.45, 2.75) is 46.3 Å². The second kappa shape index (κ2) is 6.42. The van der Waals surface area contributed by atoms with Crippen LogP contribution in [-0.2, 0) is 6.54 Å². The van der Waals surface area contributed by atoms with Gasteiger partial charge in [0.05, 0.1) is 18.4 Å². The zero-order chi connectivity index (χ0) is 16.4. The largest absolute Gasteiger partial charge is 0.460 e. The first kappa shape index (κ1) is 15.6. The minimum atomic E-state index is 0.268. The van der Waals surface area contributed by atoms with Crippen LogP contribution in [0.2, 0.25) is 0 Å². The molecular formula is C17H23N5O. The standard InChI is InChI=1S/C17H23N5O/c1-11-7-20-22(10-11)14(4)13(3)18-8-15-9-19-21-17(15)16-6-5-12(2)23-16/h5-7,9-10,13-14,18H,8H2,1-4H3,(H,19,21)/t13-,14-/m0/s1. The van der Waals surface area contributed by atoms with Crippen molar-refractivity contribution >= 4 is 0 Å². The highest BCUT2D eigenvalue weighted by Crippen LogP contribution is 2.23. The fraction of sp³-hybridized carbons (Fsp3) is 0.412. The number of hydrogen-bond donors (Lipinski definition) is 2. The fourth-order valence-electron chi connectivity index (χ4n) is 2.55. The van der Waals surface area contributed by atoms with Crippen molar-refractivity contribution in [3.63, 3.8) is 0 Å². The Bertz CT molecular complexity index is 769. The summed E-state index contributed by atoms with van der Waals surface area (Å²) in [5.41, 5.74) is 3.20. The minimum Gasteiger partial charge on any atom is -0.460 e. The quantitative estimate of drug-likeness (QED) is 0.733. The summed E-state index contributed by atoms with van der Waals surface area (Å²) in [5, 5.41) is 15.1. The van der Waals surface area contributed by atoms with E-state index in [0.717, 1.165) is 29.3 Å². The summed E-state index contributed by atoms with van der Waals surface area (Å²) in [7, 11) is 0. The monoisotopic (exact) mass is 313 g/mol. The van der Waals surface area contributed by atoms with E-state index in [2.05, 4.69) is 47.6 Å². The summed E-state index contributed by atoms with van der Waals surface area (Å²) in [5.74, 6) is 1.71. The van der Waals surface area contributed by atoms with Gasteiger partial charge in [-0.2, -0.15) is 10.2 Å². The molecule has 0 aromatic carbocycles. The molecule has 2 atom stereocenters. The smallest absolute Gasteiger partial charge is 0.152 e. The second-order valence-electron chi connectivity index (χ2n) is 6.09. The van der Waals surface area contributed by atoms with Crippen LogP contribution in [0, 0.1) is 13.8 Å². The molecule has 0 bridgehead atoms. The molecule has 0 amide bonds. The predicted molar refractivity (Wildman–Crippen MR) is 89.0 cm³/mol. The van der Waals surface area contributed by atoms with Crippen molar-refractivity contribution in [3.8, 4) is 11.5 Å². The fourth-order valence-corrected chi connectivity index (χ4v) is 2.55. The van der Waals surface area contributed by atoms with Gasteiger partial charge >= 0.3 is 0 Å². The Morgan fingerprint density at radius 3 is 2.74 bits per heavy atom. The van der Waals surface area contributed by atoms with Crippen molar-refractivity contribution in [2.24, 2.45) is 0 Å². The molecule has 0 aliphatic carbocycles. The molecule has 3 aromatic rings. The number of aromatic nitrogens is 4. The molecule has 0 saturated heterocycles. The lowest BCUT2D eigenvalue weighted by molar-refractivity contribution is 0.365. The molecule has 0 saturated carbocycles.